The minimum absolute atomic E-state index is 0.0933. The second-order valence-electron chi connectivity index (χ2n) is 15.8. The van der Waals surface area contributed by atoms with Crippen LogP contribution >= 0.6 is 0 Å². The van der Waals surface area contributed by atoms with Crippen LogP contribution in [-0.4, -0.2) is 36.4 Å². The third kappa shape index (κ3) is 47.2. The number of unbranched alkanes of at least 4 members (excludes halogenated alkanes) is 17. The maximum absolute atomic E-state index is 12.2. The molecule has 0 fully saturated rings. The van der Waals surface area contributed by atoms with Crippen LogP contribution in [0.3, 0.4) is 0 Å². The summed E-state index contributed by atoms with van der Waals surface area (Å²) in [4.78, 5) is 24.4. The van der Waals surface area contributed by atoms with Crippen LogP contribution in [0.25, 0.3) is 0 Å². The average Bonchev–Trinajstić information content (AvgIpc) is 3.25. The Bertz CT molecular complexity index is 1210. The second kappa shape index (κ2) is 49.9. The highest BCUT2D eigenvalue weighted by Gasteiger charge is 2.16. The summed E-state index contributed by atoms with van der Waals surface area (Å²) in [6.45, 7) is 3.98. The Hall–Kier alpha value is -3.44. The average molecular weight is 831 g/mol. The molecule has 0 aliphatic carbocycles. The first-order valence-corrected chi connectivity index (χ1v) is 24.4. The van der Waals surface area contributed by atoms with Crippen molar-refractivity contribution in [1.82, 2.24) is 0 Å². The Balaban J connectivity index is 3.69. The highest BCUT2D eigenvalue weighted by Crippen LogP contribution is 2.15. The number of esters is 2. The van der Waals surface area contributed by atoms with Gasteiger partial charge in [-0.2, -0.15) is 0 Å². The van der Waals surface area contributed by atoms with Crippen molar-refractivity contribution in [2.75, 3.05) is 13.2 Å². The number of aliphatic hydroxyl groups is 1. The molecule has 5 heteroatoms. The van der Waals surface area contributed by atoms with Gasteiger partial charge in [0, 0.05) is 12.8 Å². The number of allylic oxidation sites excluding steroid dienone is 18. The molecule has 0 spiro atoms. The molecule has 0 heterocycles. The summed E-state index contributed by atoms with van der Waals surface area (Å²) in [6, 6.07) is 0. The summed E-state index contributed by atoms with van der Waals surface area (Å²) < 4.78 is 10.6. The monoisotopic (exact) mass is 831 g/mol. The van der Waals surface area contributed by atoms with Crippen LogP contribution < -0.4 is 0 Å². The topological polar surface area (TPSA) is 72.8 Å². The number of rotatable bonds is 43. The Morgan fingerprint density at radius 1 is 0.400 bits per heavy atom. The zero-order valence-corrected chi connectivity index (χ0v) is 38.7. The molecule has 0 rings (SSSR count). The van der Waals surface area contributed by atoms with Crippen LogP contribution in [0, 0.1) is 0 Å². The fraction of sp³-hybridized carbons (Fsp3) is 0.636. The van der Waals surface area contributed by atoms with Gasteiger partial charge in [-0.1, -0.05) is 226 Å². The van der Waals surface area contributed by atoms with Crippen molar-refractivity contribution < 1.29 is 24.2 Å². The smallest absolute Gasteiger partial charge is 0.306 e. The second-order valence-corrected chi connectivity index (χ2v) is 15.8. The van der Waals surface area contributed by atoms with E-state index in [0.717, 1.165) is 83.5 Å². The number of aliphatic hydroxyl groups excluding tert-OH is 1. The van der Waals surface area contributed by atoms with E-state index in [0.29, 0.717) is 12.8 Å². The van der Waals surface area contributed by atoms with Crippen LogP contribution in [0.4, 0.5) is 0 Å². The highest BCUT2D eigenvalue weighted by molar-refractivity contribution is 5.70. The molecule has 0 amide bonds. The van der Waals surface area contributed by atoms with E-state index in [1.807, 2.05) is 0 Å². The van der Waals surface area contributed by atoms with Gasteiger partial charge >= 0.3 is 11.9 Å². The van der Waals surface area contributed by atoms with Gasteiger partial charge in [0.05, 0.1) is 6.61 Å². The zero-order valence-electron chi connectivity index (χ0n) is 38.7. The molecule has 1 N–H and O–H groups in total. The van der Waals surface area contributed by atoms with Crippen molar-refractivity contribution in [3.8, 4) is 0 Å². The molecule has 0 aromatic rings. The summed E-state index contributed by atoms with van der Waals surface area (Å²) in [5, 5.41) is 9.60. The van der Waals surface area contributed by atoms with Gasteiger partial charge in [-0.3, -0.25) is 9.59 Å². The number of ether oxygens (including phenoxy) is 2. The molecule has 0 radical (unpaired) electrons. The Morgan fingerprint density at radius 2 is 0.717 bits per heavy atom. The minimum atomic E-state index is -0.808. The van der Waals surface area contributed by atoms with E-state index in [9.17, 15) is 14.7 Å². The quantitative estimate of drug-likeness (QED) is 0.0376. The maximum Gasteiger partial charge on any atom is 0.306 e. The molecule has 5 nitrogen and oxygen atoms in total. The van der Waals surface area contributed by atoms with Gasteiger partial charge in [-0.05, 0) is 77.0 Å². The molecular weight excluding hydrogens is 741 g/mol. The van der Waals surface area contributed by atoms with Gasteiger partial charge in [0.25, 0.3) is 0 Å². The summed E-state index contributed by atoms with van der Waals surface area (Å²) in [7, 11) is 0. The predicted octanol–water partition coefficient (Wildman–Crippen LogP) is 16.2. The summed E-state index contributed by atoms with van der Waals surface area (Å²) in [5.74, 6) is -0.663. The first-order valence-electron chi connectivity index (χ1n) is 24.4. The van der Waals surface area contributed by atoms with Gasteiger partial charge in [-0.15, -0.1) is 0 Å². The Morgan fingerprint density at radius 3 is 1.07 bits per heavy atom. The van der Waals surface area contributed by atoms with Crippen LogP contribution in [0.1, 0.15) is 206 Å². The van der Waals surface area contributed by atoms with Crippen molar-refractivity contribution in [2.45, 2.75) is 213 Å². The van der Waals surface area contributed by atoms with Crippen LogP contribution in [0.5, 0.6) is 0 Å². The van der Waals surface area contributed by atoms with E-state index in [-0.39, 0.29) is 31.6 Å². The van der Waals surface area contributed by atoms with Gasteiger partial charge in [0.1, 0.15) is 6.61 Å². The molecule has 0 aromatic carbocycles. The molecule has 340 valence electrons. The van der Waals surface area contributed by atoms with E-state index < -0.39 is 6.10 Å². The minimum Gasteiger partial charge on any atom is -0.462 e. The molecule has 0 aliphatic rings. The largest absolute Gasteiger partial charge is 0.462 e. The number of carbonyl (C=O) groups is 2. The molecular formula is C55H90O5. The van der Waals surface area contributed by atoms with E-state index in [4.69, 9.17) is 9.47 Å². The molecule has 0 saturated carbocycles. The Kier molecular flexibility index (Phi) is 47.1. The van der Waals surface area contributed by atoms with Gasteiger partial charge < -0.3 is 14.6 Å². The first-order chi connectivity index (χ1) is 29.6. The number of hydrogen-bond donors (Lipinski definition) is 1. The standard InChI is InChI=1S/C55H90O5/c1-3-5-7-9-11-13-15-17-19-21-22-23-24-25-26-27-28-29-30-31-32-34-36-38-40-42-44-46-48-50-55(58)60-53(51-56)52-59-54(57)49-47-45-43-41-39-37-35-33-20-18-16-14-12-10-8-6-4-2/h5,7,11,13,17,19,22-23,25-26,28-29,31-32,36,38,42,44,53,56H,3-4,6,8-10,12,14-16,18,20-21,24,27,30,33-35,37,39-41,43,45-52H2,1-2H3/b7-5-,13-11-,19-17-,23-22-,26-25-,29-28-,32-31-,38-36-,44-42-. The lowest BCUT2D eigenvalue weighted by Crippen LogP contribution is -2.28. The fourth-order valence-electron chi connectivity index (χ4n) is 6.44. The fourth-order valence-corrected chi connectivity index (χ4v) is 6.44. The molecule has 0 saturated heterocycles. The molecule has 0 aromatic heterocycles. The lowest BCUT2D eigenvalue weighted by molar-refractivity contribution is -0.161. The van der Waals surface area contributed by atoms with Gasteiger partial charge in [-0.25, -0.2) is 0 Å². The first kappa shape index (κ1) is 56.6. The third-order valence-electron chi connectivity index (χ3n) is 10.1. The highest BCUT2D eigenvalue weighted by atomic mass is 16.6. The lowest BCUT2D eigenvalue weighted by Gasteiger charge is -2.15. The molecule has 1 atom stereocenters. The normalized spacial score (nSPS) is 13.2. The van der Waals surface area contributed by atoms with Crippen LogP contribution in [-0.2, 0) is 19.1 Å². The maximum atomic E-state index is 12.2. The van der Waals surface area contributed by atoms with Gasteiger partial charge in [0.15, 0.2) is 6.10 Å². The zero-order chi connectivity index (χ0) is 43.5. The lowest BCUT2D eigenvalue weighted by atomic mass is 10.0. The van der Waals surface area contributed by atoms with Crippen LogP contribution in [0.2, 0.25) is 0 Å². The number of carbonyl (C=O) groups excluding carboxylic acids is 2. The van der Waals surface area contributed by atoms with Crippen molar-refractivity contribution in [3.05, 3.63) is 109 Å². The molecule has 0 aliphatic heterocycles. The van der Waals surface area contributed by atoms with Gasteiger partial charge in [0.2, 0.25) is 0 Å². The Labute approximate surface area is 370 Å². The third-order valence-corrected chi connectivity index (χ3v) is 10.1. The van der Waals surface area contributed by atoms with Crippen molar-refractivity contribution in [2.24, 2.45) is 0 Å². The van der Waals surface area contributed by atoms with Crippen molar-refractivity contribution in [3.63, 3.8) is 0 Å². The SMILES string of the molecule is CC/C=C\C/C=C\C/C=C\C/C=C\C/C=C\C/C=C\C/C=C\C/C=C\C/C=C\CCCC(=O)OC(CO)COC(=O)CCCCCCCCCCCCCCCCCCC. The van der Waals surface area contributed by atoms with E-state index >= 15 is 0 Å². The van der Waals surface area contributed by atoms with Crippen LogP contribution in [0.15, 0.2) is 109 Å². The number of hydrogen-bond acceptors (Lipinski definition) is 5. The summed E-state index contributed by atoms with van der Waals surface area (Å²) in [6.07, 6.45) is 71.8. The molecule has 0 bridgehead atoms. The molecule has 60 heavy (non-hydrogen) atoms. The molecule has 1 unspecified atom stereocenters. The predicted molar refractivity (Wildman–Crippen MR) is 260 cm³/mol. The van der Waals surface area contributed by atoms with E-state index in [2.05, 4.69) is 123 Å². The van der Waals surface area contributed by atoms with E-state index in [1.54, 1.807) is 0 Å². The summed E-state index contributed by atoms with van der Waals surface area (Å²) in [5.41, 5.74) is 0. The van der Waals surface area contributed by atoms with Crippen molar-refractivity contribution in [1.29, 1.82) is 0 Å². The van der Waals surface area contributed by atoms with Crippen molar-refractivity contribution >= 4 is 11.9 Å². The van der Waals surface area contributed by atoms with E-state index in [1.165, 1.54) is 89.9 Å². The summed E-state index contributed by atoms with van der Waals surface area (Å²) >= 11 is 0.